The number of fused-ring (bicyclic) bond motifs is 1. The summed E-state index contributed by atoms with van der Waals surface area (Å²) in [6.07, 6.45) is 8.61. The van der Waals surface area contributed by atoms with E-state index >= 15 is 0 Å². The van der Waals surface area contributed by atoms with Crippen LogP contribution in [-0.2, 0) is 13.0 Å². The van der Waals surface area contributed by atoms with Crippen molar-refractivity contribution in [3.05, 3.63) is 53.5 Å². The second-order valence-electron chi connectivity index (χ2n) is 7.01. The van der Waals surface area contributed by atoms with Crippen LogP contribution in [0.1, 0.15) is 53.7 Å². The third-order valence-corrected chi connectivity index (χ3v) is 5.26. The number of carbonyl (C=O) groups is 1. The molecule has 5 nitrogen and oxygen atoms in total. The molecule has 2 aromatic rings. The quantitative estimate of drug-likeness (QED) is 0.933. The molecule has 1 aliphatic heterocycles. The predicted molar refractivity (Wildman–Crippen MR) is 97.4 cm³/mol. The molecule has 0 saturated heterocycles. The van der Waals surface area contributed by atoms with Crippen LogP contribution in [0.4, 0.5) is 5.82 Å². The summed E-state index contributed by atoms with van der Waals surface area (Å²) in [5.74, 6) is 0.756. The summed E-state index contributed by atoms with van der Waals surface area (Å²) in [5, 5.41) is 3.47. The van der Waals surface area contributed by atoms with Crippen LogP contribution in [-0.4, -0.2) is 33.4 Å². The van der Waals surface area contributed by atoms with Gasteiger partial charge in [-0.3, -0.25) is 4.79 Å². The molecule has 0 radical (unpaired) electrons. The Balaban J connectivity index is 1.46. The minimum absolute atomic E-state index is 0.0106. The number of amides is 1. The molecular formula is C20H24N4O. The third-order valence-electron chi connectivity index (χ3n) is 5.26. The molecular weight excluding hydrogens is 312 g/mol. The smallest absolute Gasteiger partial charge is 0.272 e. The van der Waals surface area contributed by atoms with E-state index in [1.54, 1.807) is 6.07 Å². The van der Waals surface area contributed by atoms with Crippen LogP contribution < -0.4 is 5.32 Å². The topological polar surface area (TPSA) is 58.1 Å². The molecule has 1 fully saturated rings. The lowest BCUT2D eigenvalue weighted by atomic mass is 9.95. The number of nitrogens with zero attached hydrogens (tertiary/aromatic N) is 3. The zero-order valence-electron chi connectivity index (χ0n) is 14.4. The van der Waals surface area contributed by atoms with Crippen molar-refractivity contribution in [3.63, 3.8) is 0 Å². The van der Waals surface area contributed by atoms with Crippen LogP contribution in [0.2, 0.25) is 0 Å². The van der Waals surface area contributed by atoms with Crippen LogP contribution in [0.5, 0.6) is 0 Å². The fraction of sp³-hybridized carbons (Fsp3) is 0.450. The van der Waals surface area contributed by atoms with Crippen LogP contribution >= 0.6 is 0 Å². The summed E-state index contributed by atoms with van der Waals surface area (Å²) in [6.45, 7) is 1.40. The second-order valence-corrected chi connectivity index (χ2v) is 7.01. The summed E-state index contributed by atoms with van der Waals surface area (Å²) >= 11 is 0. The Hall–Kier alpha value is -2.43. The van der Waals surface area contributed by atoms with Gasteiger partial charge in [0.15, 0.2) is 0 Å². The summed E-state index contributed by atoms with van der Waals surface area (Å²) in [7, 11) is 0. The number of nitrogens with one attached hydrogen (secondary N) is 1. The molecule has 1 aromatic heterocycles. The molecule has 130 valence electrons. The lowest BCUT2D eigenvalue weighted by Gasteiger charge is -2.28. The molecule has 2 heterocycles. The summed E-state index contributed by atoms with van der Waals surface area (Å²) in [5.41, 5.74) is 3.05. The van der Waals surface area contributed by atoms with E-state index in [1.165, 1.54) is 49.6 Å². The predicted octanol–water partition coefficient (Wildman–Crippen LogP) is 3.42. The van der Waals surface area contributed by atoms with Crippen molar-refractivity contribution in [1.82, 2.24) is 14.9 Å². The van der Waals surface area contributed by atoms with Crippen molar-refractivity contribution in [3.8, 4) is 0 Å². The average Bonchev–Trinajstić information content (AvgIpc) is 2.68. The standard InChI is InChI=1S/C20H24N4O/c25-20(24-11-10-15-6-4-5-7-16(15)13-24)18-12-19(22-14-21-18)23-17-8-2-1-3-9-17/h4-7,12,14,17H,1-3,8-11,13H2,(H,21,22,23). The van der Waals surface area contributed by atoms with Gasteiger partial charge in [0.25, 0.3) is 5.91 Å². The van der Waals surface area contributed by atoms with Crippen LogP contribution in [0.25, 0.3) is 0 Å². The average molecular weight is 336 g/mol. The van der Waals surface area contributed by atoms with Crippen molar-refractivity contribution in [2.75, 3.05) is 11.9 Å². The Labute approximate surface area is 148 Å². The van der Waals surface area contributed by atoms with Gasteiger partial charge < -0.3 is 10.2 Å². The largest absolute Gasteiger partial charge is 0.367 e. The van der Waals surface area contributed by atoms with Gasteiger partial charge in [0.2, 0.25) is 0 Å². The van der Waals surface area contributed by atoms with Gasteiger partial charge in [-0.1, -0.05) is 43.5 Å². The van der Waals surface area contributed by atoms with Gasteiger partial charge in [-0.2, -0.15) is 0 Å². The maximum Gasteiger partial charge on any atom is 0.272 e. The summed E-state index contributed by atoms with van der Waals surface area (Å²) < 4.78 is 0. The maximum absolute atomic E-state index is 12.9. The second kappa shape index (κ2) is 7.21. The number of anilines is 1. The summed E-state index contributed by atoms with van der Waals surface area (Å²) in [6, 6.07) is 10.6. The number of carbonyl (C=O) groups excluding carboxylic acids is 1. The molecule has 25 heavy (non-hydrogen) atoms. The zero-order chi connectivity index (χ0) is 17.1. The number of hydrogen-bond acceptors (Lipinski definition) is 4. The lowest BCUT2D eigenvalue weighted by molar-refractivity contribution is 0.0728. The Kier molecular flexibility index (Phi) is 4.63. The van der Waals surface area contributed by atoms with Crippen molar-refractivity contribution in [2.45, 2.75) is 51.1 Å². The van der Waals surface area contributed by atoms with Gasteiger partial charge in [-0.15, -0.1) is 0 Å². The zero-order valence-corrected chi connectivity index (χ0v) is 14.4. The highest BCUT2D eigenvalue weighted by Crippen LogP contribution is 2.22. The number of benzene rings is 1. The molecule has 1 aliphatic carbocycles. The molecule has 0 unspecified atom stereocenters. The first-order valence-corrected chi connectivity index (χ1v) is 9.24. The molecule has 0 atom stereocenters. The van der Waals surface area contributed by atoms with Crippen LogP contribution in [0, 0.1) is 0 Å². The number of rotatable bonds is 3. The molecule has 5 heteroatoms. The molecule has 1 saturated carbocycles. The fourth-order valence-corrected chi connectivity index (χ4v) is 3.84. The Morgan fingerprint density at radius 1 is 1.08 bits per heavy atom. The van der Waals surface area contributed by atoms with Gasteiger partial charge in [0.05, 0.1) is 0 Å². The van der Waals surface area contributed by atoms with Crippen LogP contribution in [0.3, 0.4) is 0 Å². The van der Waals surface area contributed by atoms with E-state index in [0.29, 0.717) is 18.3 Å². The Morgan fingerprint density at radius 3 is 2.72 bits per heavy atom. The highest BCUT2D eigenvalue weighted by atomic mass is 16.2. The first-order valence-electron chi connectivity index (χ1n) is 9.24. The fourth-order valence-electron chi connectivity index (χ4n) is 3.84. The van der Waals surface area contributed by atoms with Gasteiger partial charge in [-0.05, 0) is 30.4 Å². The van der Waals surface area contributed by atoms with E-state index in [-0.39, 0.29) is 5.91 Å². The molecule has 1 aromatic carbocycles. The first kappa shape index (κ1) is 16.1. The van der Waals surface area contributed by atoms with Gasteiger partial charge in [-0.25, -0.2) is 9.97 Å². The molecule has 1 amide bonds. The first-order chi connectivity index (χ1) is 12.3. The van der Waals surface area contributed by atoms with Crippen molar-refractivity contribution >= 4 is 11.7 Å². The minimum atomic E-state index is -0.0106. The monoisotopic (exact) mass is 336 g/mol. The highest BCUT2D eigenvalue weighted by Gasteiger charge is 2.23. The summed E-state index contributed by atoms with van der Waals surface area (Å²) in [4.78, 5) is 23.3. The Bertz CT molecular complexity index is 755. The van der Waals surface area contributed by atoms with Gasteiger partial charge in [0, 0.05) is 25.2 Å². The molecule has 4 rings (SSSR count). The molecule has 2 aliphatic rings. The lowest BCUT2D eigenvalue weighted by Crippen LogP contribution is -2.36. The highest BCUT2D eigenvalue weighted by molar-refractivity contribution is 5.93. The van der Waals surface area contributed by atoms with Gasteiger partial charge >= 0.3 is 0 Å². The number of aromatic nitrogens is 2. The molecule has 0 spiro atoms. The van der Waals surface area contributed by atoms with E-state index in [9.17, 15) is 4.79 Å². The van der Waals surface area contributed by atoms with E-state index in [0.717, 1.165) is 18.8 Å². The van der Waals surface area contributed by atoms with Crippen molar-refractivity contribution < 1.29 is 4.79 Å². The van der Waals surface area contributed by atoms with E-state index in [4.69, 9.17) is 0 Å². The van der Waals surface area contributed by atoms with E-state index in [1.807, 2.05) is 11.0 Å². The SMILES string of the molecule is O=C(c1cc(NC2CCCCC2)ncn1)N1CCc2ccccc2C1. The van der Waals surface area contributed by atoms with E-state index < -0.39 is 0 Å². The number of hydrogen-bond donors (Lipinski definition) is 1. The minimum Gasteiger partial charge on any atom is -0.367 e. The molecule has 1 N–H and O–H groups in total. The van der Waals surface area contributed by atoms with E-state index in [2.05, 4.69) is 33.5 Å². The normalized spacial score (nSPS) is 17.8. The Morgan fingerprint density at radius 2 is 1.88 bits per heavy atom. The third kappa shape index (κ3) is 3.65. The van der Waals surface area contributed by atoms with Crippen LogP contribution in [0.15, 0.2) is 36.7 Å². The van der Waals surface area contributed by atoms with Crippen molar-refractivity contribution in [1.29, 1.82) is 0 Å². The van der Waals surface area contributed by atoms with Crippen molar-refractivity contribution in [2.24, 2.45) is 0 Å². The molecule has 0 bridgehead atoms. The maximum atomic E-state index is 12.9. The van der Waals surface area contributed by atoms with Gasteiger partial charge in [0.1, 0.15) is 17.8 Å².